The minimum absolute atomic E-state index is 0.174. The van der Waals surface area contributed by atoms with E-state index in [-0.39, 0.29) is 11.8 Å². The summed E-state index contributed by atoms with van der Waals surface area (Å²) in [5.74, 6) is 0.141. The molecule has 0 aromatic carbocycles. The van der Waals surface area contributed by atoms with Gasteiger partial charge in [-0.1, -0.05) is 6.92 Å². The summed E-state index contributed by atoms with van der Waals surface area (Å²) >= 11 is 0. The van der Waals surface area contributed by atoms with Crippen LogP contribution >= 0.6 is 0 Å². The number of piperidine rings is 1. The van der Waals surface area contributed by atoms with Crippen LogP contribution in [0.15, 0.2) is 0 Å². The molecule has 4 heteroatoms. The zero-order valence-electron chi connectivity index (χ0n) is 8.79. The van der Waals surface area contributed by atoms with E-state index in [1.54, 1.807) is 6.92 Å². The van der Waals surface area contributed by atoms with E-state index in [0.717, 1.165) is 19.7 Å². The highest BCUT2D eigenvalue weighted by Gasteiger charge is 2.14. The maximum atomic E-state index is 10.7. The molecule has 1 aliphatic rings. The fourth-order valence-corrected chi connectivity index (χ4v) is 1.56. The zero-order valence-corrected chi connectivity index (χ0v) is 8.79. The van der Waals surface area contributed by atoms with Crippen molar-refractivity contribution in [3.63, 3.8) is 0 Å². The molecule has 0 spiro atoms. The molecule has 0 bridgehead atoms. The summed E-state index contributed by atoms with van der Waals surface area (Å²) in [5.41, 5.74) is 5.12. The molecule has 1 aliphatic heterocycles. The van der Waals surface area contributed by atoms with E-state index < -0.39 is 0 Å². The molecule has 14 heavy (non-hydrogen) atoms. The molecule has 3 N–H and O–H groups in total. The van der Waals surface area contributed by atoms with Gasteiger partial charge in [-0.05, 0) is 25.3 Å². The van der Waals surface area contributed by atoms with Gasteiger partial charge in [0.2, 0.25) is 5.91 Å². The first kappa shape index (κ1) is 11.5. The third kappa shape index (κ3) is 4.07. The second kappa shape index (κ2) is 5.98. The van der Waals surface area contributed by atoms with Gasteiger partial charge in [-0.25, -0.2) is 0 Å². The molecular weight excluding hydrogens is 180 g/mol. The highest BCUT2D eigenvalue weighted by Crippen LogP contribution is 2.10. The Balaban J connectivity index is 2.05. The highest BCUT2D eigenvalue weighted by molar-refractivity contribution is 5.76. The van der Waals surface area contributed by atoms with Crippen molar-refractivity contribution in [2.75, 3.05) is 26.3 Å². The van der Waals surface area contributed by atoms with Crippen molar-refractivity contribution in [2.45, 2.75) is 19.8 Å². The summed E-state index contributed by atoms with van der Waals surface area (Å²) < 4.78 is 5.46. The molecule has 0 aromatic heterocycles. The average molecular weight is 200 g/mol. The van der Waals surface area contributed by atoms with Crippen LogP contribution < -0.4 is 11.1 Å². The van der Waals surface area contributed by atoms with E-state index in [2.05, 4.69) is 5.32 Å². The van der Waals surface area contributed by atoms with E-state index in [0.29, 0.717) is 12.5 Å². The predicted molar refractivity (Wildman–Crippen MR) is 54.8 cm³/mol. The van der Waals surface area contributed by atoms with Crippen LogP contribution in [0.1, 0.15) is 19.8 Å². The molecule has 1 rings (SSSR count). The molecule has 1 amide bonds. The summed E-state index contributed by atoms with van der Waals surface area (Å²) in [6.45, 7) is 5.14. The van der Waals surface area contributed by atoms with Gasteiger partial charge in [0.05, 0.1) is 19.1 Å². The first-order valence-electron chi connectivity index (χ1n) is 5.28. The van der Waals surface area contributed by atoms with Gasteiger partial charge in [0, 0.05) is 6.54 Å². The topological polar surface area (TPSA) is 64.3 Å². The van der Waals surface area contributed by atoms with Crippen molar-refractivity contribution in [2.24, 2.45) is 17.6 Å². The summed E-state index contributed by atoms with van der Waals surface area (Å²) in [7, 11) is 0. The van der Waals surface area contributed by atoms with E-state index >= 15 is 0 Å². The lowest BCUT2D eigenvalue weighted by atomic mass is 10.0. The van der Waals surface area contributed by atoms with Crippen molar-refractivity contribution in [1.29, 1.82) is 0 Å². The number of primary amides is 1. The Labute approximate surface area is 85.2 Å². The second-order valence-corrected chi connectivity index (χ2v) is 4.05. The van der Waals surface area contributed by atoms with Gasteiger partial charge >= 0.3 is 0 Å². The molecule has 2 unspecified atom stereocenters. The molecule has 4 nitrogen and oxygen atoms in total. The van der Waals surface area contributed by atoms with E-state index in [4.69, 9.17) is 10.5 Å². The third-order valence-electron chi connectivity index (χ3n) is 2.61. The SMILES string of the molecule is CC(COCC1CCCNC1)C(N)=O. The van der Waals surface area contributed by atoms with E-state index in [9.17, 15) is 4.79 Å². The number of nitrogens with two attached hydrogens (primary N) is 1. The van der Waals surface area contributed by atoms with Gasteiger partial charge in [-0.15, -0.1) is 0 Å². The molecule has 1 saturated heterocycles. The number of carbonyl (C=O) groups excluding carboxylic acids is 1. The maximum Gasteiger partial charge on any atom is 0.222 e. The number of hydrogen-bond acceptors (Lipinski definition) is 3. The minimum atomic E-state index is -0.285. The number of ether oxygens (including phenoxy) is 1. The van der Waals surface area contributed by atoms with Gasteiger partial charge in [-0.2, -0.15) is 0 Å². The van der Waals surface area contributed by atoms with Gasteiger partial charge in [0.1, 0.15) is 0 Å². The summed E-state index contributed by atoms with van der Waals surface area (Å²) in [5, 5.41) is 3.32. The molecule has 1 fully saturated rings. The van der Waals surface area contributed by atoms with Gasteiger partial charge in [-0.3, -0.25) is 4.79 Å². The lowest BCUT2D eigenvalue weighted by molar-refractivity contribution is -0.123. The number of hydrogen-bond donors (Lipinski definition) is 2. The molecule has 2 atom stereocenters. The van der Waals surface area contributed by atoms with Crippen molar-refractivity contribution < 1.29 is 9.53 Å². The van der Waals surface area contributed by atoms with Crippen LogP contribution in [0.25, 0.3) is 0 Å². The van der Waals surface area contributed by atoms with Crippen LogP contribution in [0, 0.1) is 11.8 Å². The number of carbonyl (C=O) groups is 1. The Morgan fingerprint density at radius 2 is 2.50 bits per heavy atom. The van der Waals surface area contributed by atoms with Gasteiger partial charge in [0.25, 0.3) is 0 Å². The van der Waals surface area contributed by atoms with Crippen LogP contribution in [-0.4, -0.2) is 32.2 Å². The Kier molecular flexibility index (Phi) is 4.90. The van der Waals surface area contributed by atoms with Crippen LogP contribution in [0.3, 0.4) is 0 Å². The number of amides is 1. The molecule has 0 aliphatic carbocycles. The van der Waals surface area contributed by atoms with E-state index in [1.807, 2.05) is 0 Å². The largest absolute Gasteiger partial charge is 0.380 e. The van der Waals surface area contributed by atoms with Crippen LogP contribution in [0.2, 0.25) is 0 Å². The van der Waals surface area contributed by atoms with Gasteiger partial charge < -0.3 is 15.8 Å². The Hall–Kier alpha value is -0.610. The van der Waals surface area contributed by atoms with Crippen LogP contribution in [-0.2, 0) is 9.53 Å². The van der Waals surface area contributed by atoms with Crippen molar-refractivity contribution in [3.05, 3.63) is 0 Å². The summed E-state index contributed by atoms with van der Waals surface area (Å²) in [6.07, 6.45) is 2.44. The van der Waals surface area contributed by atoms with Crippen LogP contribution in [0.5, 0.6) is 0 Å². The summed E-state index contributed by atoms with van der Waals surface area (Å²) in [4.78, 5) is 10.7. The van der Waals surface area contributed by atoms with Crippen LogP contribution in [0.4, 0.5) is 0 Å². The predicted octanol–water partition coefficient (Wildman–Crippen LogP) is 0.124. The monoisotopic (exact) mass is 200 g/mol. The molecule has 82 valence electrons. The smallest absolute Gasteiger partial charge is 0.222 e. The quantitative estimate of drug-likeness (QED) is 0.662. The molecule has 0 aromatic rings. The first-order valence-corrected chi connectivity index (χ1v) is 5.28. The Morgan fingerprint density at radius 1 is 1.71 bits per heavy atom. The van der Waals surface area contributed by atoms with Gasteiger partial charge in [0.15, 0.2) is 0 Å². The standard InChI is InChI=1S/C10H20N2O2/c1-8(10(11)13)6-14-7-9-3-2-4-12-5-9/h8-9,12H,2-7H2,1H3,(H2,11,13). The number of rotatable bonds is 5. The fourth-order valence-electron chi connectivity index (χ4n) is 1.56. The normalized spacial score (nSPS) is 24.5. The first-order chi connectivity index (χ1) is 6.70. The lowest BCUT2D eigenvalue weighted by Gasteiger charge is -2.22. The second-order valence-electron chi connectivity index (χ2n) is 4.05. The maximum absolute atomic E-state index is 10.7. The molecule has 0 radical (unpaired) electrons. The van der Waals surface area contributed by atoms with Crippen molar-refractivity contribution >= 4 is 5.91 Å². The van der Waals surface area contributed by atoms with E-state index in [1.165, 1.54) is 12.8 Å². The minimum Gasteiger partial charge on any atom is -0.380 e. The zero-order chi connectivity index (χ0) is 10.4. The fraction of sp³-hybridized carbons (Fsp3) is 0.900. The van der Waals surface area contributed by atoms with Crippen molar-refractivity contribution in [1.82, 2.24) is 5.32 Å². The third-order valence-corrected chi connectivity index (χ3v) is 2.61. The summed E-state index contributed by atoms with van der Waals surface area (Å²) in [6, 6.07) is 0. The molecule has 0 saturated carbocycles. The Morgan fingerprint density at radius 3 is 3.07 bits per heavy atom. The Bertz CT molecular complexity index is 179. The number of nitrogens with one attached hydrogen (secondary N) is 1. The van der Waals surface area contributed by atoms with Crippen molar-refractivity contribution in [3.8, 4) is 0 Å². The molecular formula is C10H20N2O2. The lowest BCUT2D eigenvalue weighted by Crippen LogP contribution is -2.33. The average Bonchev–Trinajstić information content (AvgIpc) is 2.19. The highest BCUT2D eigenvalue weighted by atomic mass is 16.5. The molecule has 1 heterocycles.